The molecule has 1 unspecified atom stereocenters. The Balaban J connectivity index is 1.67. The quantitative estimate of drug-likeness (QED) is 0.830. The molecule has 114 valence electrons. The van der Waals surface area contributed by atoms with E-state index >= 15 is 0 Å². The highest BCUT2D eigenvalue weighted by Crippen LogP contribution is 2.37. The van der Waals surface area contributed by atoms with E-state index in [1.54, 1.807) is 0 Å². The predicted molar refractivity (Wildman–Crippen MR) is 89.2 cm³/mol. The van der Waals surface area contributed by atoms with E-state index in [0.29, 0.717) is 12.3 Å². The molecule has 1 fully saturated rings. The van der Waals surface area contributed by atoms with E-state index in [1.165, 1.54) is 24.8 Å². The van der Waals surface area contributed by atoms with Crippen molar-refractivity contribution in [3.05, 3.63) is 65.7 Å². The zero-order chi connectivity index (χ0) is 15.4. The van der Waals surface area contributed by atoms with Crippen molar-refractivity contribution < 1.29 is 4.79 Å². The molecule has 22 heavy (non-hydrogen) atoms. The molecule has 0 saturated heterocycles. The molecule has 1 amide bonds. The first kappa shape index (κ1) is 14.6. The summed E-state index contributed by atoms with van der Waals surface area (Å²) in [5, 5.41) is 3.23. The summed E-state index contributed by atoms with van der Waals surface area (Å²) in [5.74, 6) is 0.642. The lowest BCUT2D eigenvalue weighted by atomic mass is 9.77. The Morgan fingerprint density at radius 2 is 1.77 bits per heavy atom. The maximum atomic E-state index is 12.4. The van der Waals surface area contributed by atoms with Crippen LogP contribution in [0.1, 0.15) is 36.4 Å². The summed E-state index contributed by atoms with van der Waals surface area (Å²) >= 11 is 0. The second-order valence-electron chi connectivity index (χ2n) is 6.07. The Bertz CT molecular complexity index is 618. The molecule has 1 saturated carbocycles. The van der Waals surface area contributed by atoms with Crippen LogP contribution in [-0.4, -0.2) is 5.91 Å². The van der Waals surface area contributed by atoms with Crippen LogP contribution in [0.4, 0.5) is 5.69 Å². The van der Waals surface area contributed by atoms with Crippen molar-refractivity contribution in [2.24, 2.45) is 5.92 Å². The fourth-order valence-corrected chi connectivity index (χ4v) is 2.95. The van der Waals surface area contributed by atoms with Gasteiger partial charge < -0.3 is 11.1 Å². The van der Waals surface area contributed by atoms with Gasteiger partial charge in [0.25, 0.3) is 0 Å². The summed E-state index contributed by atoms with van der Waals surface area (Å²) in [6.07, 6.45) is 4.06. The lowest BCUT2D eigenvalue weighted by molar-refractivity contribution is -0.121. The topological polar surface area (TPSA) is 55.1 Å². The highest BCUT2D eigenvalue weighted by Gasteiger charge is 2.29. The van der Waals surface area contributed by atoms with Crippen LogP contribution < -0.4 is 11.1 Å². The fraction of sp³-hybridized carbons (Fsp3) is 0.316. The minimum atomic E-state index is 0.0746. The normalized spacial score (nSPS) is 15.8. The molecule has 2 aromatic rings. The van der Waals surface area contributed by atoms with Gasteiger partial charge in [0.1, 0.15) is 0 Å². The molecule has 2 aromatic carbocycles. The van der Waals surface area contributed by atoms with Gasteiger partial charge in [-0.15, -0.1) is 0 Å². The summed E-state index contributed by atoms with van der Waals surface area (Å²) < 4.78 is 0. The summed E-state index contributed by atoms with van der Waals surface area (Å²) in [7, 11) is 0. The van der Waals surface area contributed by atoms with Gasteiger partial charge in [-0.05, 0) is 42.0 Å². The van der Waals surface area contributed by atoms with Crippen molar-refractivity contribution in [3.8, 4) is 0 Å². The Morgan fingerprint density at radius 1 is 1.09 bits per heavy atom. The van der Waals surface area contributed by atoms with E-state index in [4.69, 9.17) is 5.73 Å². The second-order valence-corrected chi connectivity index (χ2v) is 6.07. The van der Waals surface area contributed by atoms with Gasteiger partial charge >= 0.3 is 0 Å². The van der Waals surface area contributed by atoms with Crippen LogP contribution in [-0.2, 0) is 11.2 Å². The average Bonchev–Trinajstić information content (AvgIpc) is 2.48. The number of anilines is 1. The Morgan fingerprint density at radius 3 is 2.36 bits per heavy atom. The standard InChI is InChI=1S/C19H22N2O/c20-17-11-9-14(10-12-17)13-18(22)21-19(16-7-4-8-16)15-5-2-1-3-6-15/h1-3,5-6,9-12,16,19H,4,7-8,13,20H2,(H,21,22). The van der Waals surface area contributed by atoms with Gasteiger partial charge in [0.05, 0.1) is 12.5 Å². The number of benzene rings is 2. The Labute approximate surface area is 131 Å². The number of hydrogen-bond donors (Lipinski definition) is 2. The average molecular weight is 294 g/mol. The predicted octanol–water partition coefficient (Wildman–Crippen LogP) is 3.47. The number of nitrogens with two attached hydrogens (primary N) is 1. The first-order valence-electron chi connectivity index (χ1n) is 7.91. The number of nitrogen functional groups attached to an aromatic ring is 1. The molecule has 3 rings (SSSR count). The molecule has 1 aliphatic carbocycles. The van der Waals surface area contributed by atoms with Crippen molar-refractivity contribution in [2.45, 2.75) is 31.7 Å². The molecule has 1 atom stereocenters. The third kappa shape index (κ3) is 3.48. The van der Waals surface area contributed by atoms with Gasteiger partial charge in [-0.25, -0.2) is 0 Å². The van der Waals surface area contributed by atoms with Gasteiger partial charge in [0, 0.05) is 5.69 Å². The van der Waals surface area contributed by atoms with Crippen molar-refractivity contribution in [1.82, 2.24) is 5.32 Å². The summed E-state index contributed by atoms with van der Waals surface area (Å²) in [6.45, 7) is 0. The zero-order valence-electron chi connectivity index (χ0n) is 12.7. The molecular weight excluding hydrogens is 272 g/mol. The maximum Gasteiger partial charge on any atom is 0.224 e. The van der Waals surface area contributed by atoms with E-state index in [2.05, 4.69) is 17.4 Å². The van der Waals surface area contributed by atoms with E-state index in [0.717, 1.165) is 11.3 Å². The molecule has 0 bridgehead atoms. The molecular formula is C19H22N2O. The minimum absolute atomic E-state index is 0.0746. The van der Waals surface area contributed by atoms with Crippen molar-refractivity contribution >= 4 is 11.6 Å². The first-order chi connectivity index (χ1) is 10.7. The largest absolute Gasteiger partial charge is 0.399 e. The van der Waals surface area contributed by atoms with E-state index in [1.807, 2.05) is 42.5 Å². The number of nitrogens with one attached hydrogen (secondary N) is 1. The summed E-state index contributed by atoms with van der Waals surface area (Å²) in [4.78, 5) is 12.4. The van der Waals surface area contributed by atoms with Gasteiger partial charge in [-0.2, -0.15) is 0 Å². The highest BCUT2D eigenvalue weighted by molar-refractivity contribution is 5.79. The lowest BCUT2D eigenvalue weighted by Crippen LogP contribution is -2.37. The molecule has 3 N–H and O–H groups in total. The van der Waals surface area contributed by atoms with E-state index in [-0.39, 0.29) is 11.9 Å². The molecule has 0 aromatic heterocycles. The number of carbonyl (C=O) groups is 1. The number of carbonyl (C=O) groups excluding carboxylic acids is 1. The van der Waals surface area contributed by atoms with Crippen LogP contribution in [0.25, 0.3) is 0 Å². The Kier molecular flexibility index (Phi) is 4.42. The lowest BCUT2D eigenvalue weighted by Gasteiger charge is -2.34. The smallest absolute Gasteiger partial charge is 0.224 e. The van der Waals surface area contributed by atoms with Crippen LogP contribution in [0.5, 0.6) is 0 Å². The Hall–Kier alpha value is -2.29. The number of rotatable bonds is 5. The van der Waals surface area contributed by atoms with Gasteiger partial charge in [0.15, 0.2) is 0 Å². The summed E-state index contributed by atoms with van der Waals surface area (Å²) in [6, 6.07) is 17.9. The van der Waals surface area contributed by atoms with Crippen LogP contribution in [0.15, 0.2) is 54.6 Å². The van der Waals surface area contributed by atoms with Crippen LogP contribution in [0.3, 0.4) is 0 Å². The molecule has 0 aliphatic heterocycles. The molecule has 3 nitrogen and oxygen atoms in total. The van der Waals surface area contributed by atoms with E-state index in [9.17, 15) is 4.79 Å². The minimum Gasteiger partial charge on any atom is -0.399 e. The SMILES string of the molecule is Nc1ccc(CC(=O)NC(c2ccccc2)C2CCC2)cc1. The second kappa shape index (κ2) is 6.65. The first-order valence-corrected chi connectivity index (χ1v) is 7.91. The van der Waals surface area contributed by atoms with Crippen molar-refractivity contribution in [2.75, 3.05) is 5.73 Å². The van der Waals surface area contributed by atoms with Gasteiger partial charge in [-0.1, -0.05) is 48.9 Å². The number of hydrogen-bond acceptors (Lipinski definition) is 2. The monoisotopic (exact) mass is 294 g/mol. The van der Waals surface area contributed by atoms with Crippen LogP contribution in [0.2, 0.25) is 0 Å². The molecule has 0 spiro atoms. The van der Waals surface area contributed by atoms with Gasteiger partial charge in [0.2, 0.25) is 5.91 Å². The third-order valence-corrected chi connectivity index (χ3v) is 4.44. The van der Waals surface area contributed by atoms with Crippen molar-refractivity contribution in [1.29, 1.82) is 0 Å². The van der Waals surface area contributed by atoms with E-state index < -0.39 is 0 Å². The van der Waals surface area contributed by atoms with Crippen LogP contribution >= 0.6 is 0 Å². The van der Waals surface area contributed by atoms with Gasteiger partial charge in [-0.3, -0.25) is 4.79 Å². The fourth-order valence-electron chi connectivity index (χ4n) is 2.95. The van der Waals surface area contributed by atoms with Crippen molar-refractivity contribution in [3.63, 3.8) is 0 Å². The molecule has 3 heteroatoms. The zero-order valence-corrected chi connectivity index (χ0v) is 12.7. The summed E-state index contributed by atoms with van der Waals surface area (Å²) in [5.41, 5.74) is 8.60. The highest BCUT2D eigenvalue weighted by atomic mass is 16.1. The molecule has 0 heterocycles. The third-order valence-electron chi connectivity index (χ3n) is 4.44. The van der Waals surface area contributed by atoms with Crippen LogP contribution in [0, 0.1) is 5.92 Å². The molecule has 0 radical (unpaired) electrons. The number of amides is 1. The molecule has 1 aliphatic rings. The maximum absolute atomic E-state index is 12.4.